The molecule has 0 fully saturated rings. The minimum absolute atomic E-state index is 0.00812. The molecule has 1 heterocycles. The highest BCUT2D eigenvalue weighted by Gasteiger charge is 2.36. The second-order valence-electron chi connectivity index (χ2n) is 6.28. The summed E-state index contributed by atoms with van der Waals surface area (Å²) < 4.78 is 0. The molecule has 29 heavy (non-hydrogen) atoms. The number of rotatable bonds is 3. The van der Waals surface area contributed by atoms with E-state index in [2.05, 4.69) is 5.32 Å². The summed E-state index contributed by atoms with van der Waals surface area (Å²) in [5.41, 5.74) is 1.67. The average molecular weight is 427 g/mol. The Morgan fingerprint density at radius 2 is 1.38 bits per heavy atom. The number of anilines is 2. The molecule has 6 nitrogen and oxygen atoms in total. The predicted octanol–water partition coefficient (Wildman–Crippen LogP) is 4.75. The van der Waals surface area contributed by atoms with Gasteiger partial charge in [0.1, 0.15) is 0 Å². The zero-order valence-corrected chi connectivity index (χ0v) is 16.2. The minimum atomic E-state index is -0.447. The molecule has 0 spiro atoms. The second-order valence-corrected chi connectivity index (χ2v) is 7.10. The molecule has 0 atom stereocenters. The molecular formula is C21H12Cl2N2O4. The molecule has 8 heteroatoms. The quantitative estimate of drug-likeness (QED) is 0.467. The van der Waals surface area contributed by atoms with Crippen LogP contribution in [0.4, 0.5) is 11.4 Å². The van der Waals surface area contributed by atoms with E-state index in [0.29, 0.717) is 28.1 Å². The summed E-state index contributed by atoms with van der Waals surface area (Å²) in [5.74, 6) is -1.53. The third kappa shape index (κ3) is 3.33. The highest BCUT2D eigenvalue weighted by molar-refractivity contribution is 6.37. The number of halogens is 2. The molecule has 0 bridgehead atoms. The second kappa shape index (κ2) is 7.24. The maximum Gasteiger partial charge on any atom is 0.266 e. The molecule has 4 rings (SSSR count). The molecule has 0 radical (unpaired) electrons. The Kier molecular flexibility index (Phi) is 4.74. The van der Waals surface area contributed by atoms with Gasteiger partial charge >= 0.3 is 0 Å². The van der Waals surface area contributed by atoms with Crippen molar-refractivity contribution in [2.45, 2.75) is 0 Å². The number of amides is 3. The van der Waals surface area contributed by atoms with Gasteiger partial charge in [0.15, 0.2) is 5.75 Å². The fourth-order valence-electron chi connectivity index (χ4n) is 3.03. The average Bonchev–Trinajstić information content (AvgIpc) is 2.97. The zero-order chi connectivity index (χ0) is 20.7. The van der Waals surface area contributed by atoms with Crippen LogP contribution in [0.2, 0.25) is 10.0 Å². The number of phenols is 1. The van der Waals surface area contributed by atoms with E-state index in [0.717, 1.165) is 4.90 Å². The number of aromatic hydroxyl groups is 1. The van der Waals surface area contributed by atoms with E-state index in [-0.39, 0.29) is 15.8 Å². The Balaban J connectivity index is 1.55. The van der Waals surface area contributed by atoms with E-state index in [9.17, 15) is 19.5 Å². The maximum absolute atomic E-state index is 12.5. The van der Waals surface area contributed by atoms with Crippen molar-refractivity contribution in [2.75, 3.05) is 10.2 Å². The van der Waals surface area contributed by atoms with Gasteiger partial charge < -0.3 is 10.4 Å². The topological polar surface area (TPSA) is 86.7 Å². The van der Waals surface area contributed by atoms with Crippen LogP contribution in [0.5, 0.6) is 5.75 Å². The Hall–Kier alpha value is -3.35. The maximum atomic E-state index is 12.5. The summed E-state index contributed by atoms with van der Waals surface area (Å²) in [4.78, 5) is 38.6. The number of nitrogens with one attached hydrogen (secondary N) is 1. The first-order valence-electron chi connectivity index (χ1n) is 8.44. The molecule has 0 unspecified atom stereocenters. The lowest BCUT2D eigenvalue weighted by Gasteiger charge is -2.14. The summed E-state index contributed by atoms with van der Waals surface area (Å²) in [7, 11) is 0. The van der Waals surface area contributed by atoms with E-state index >= 15 is 0 Å². The molecule has 144 valence electrons. The molecule has 0 saturated carbocycles. The standard InChI is InChI=1S/C21H12Cl2N2O4/c22-16-9-12(10-17(23)18(16)26)24-19(27)11-5-7-13(8-6-11)25-20(28)14-3-1-2-4-15(14)21(25)29/h1-10,26H,(H,24,27). The number of benzene rings is 3. The van der Waals surface area contributed by atoms with Crippen molar-refractivity contribution in [1.82, 2.24) is 0 Å². The summed E-state index contributed by atoms with van der Waals surface area (Å²) in [5, 5.41) is 12.2. The normalized spacial score (nSPS) is 12.8. The van der Waals surface area contributed by atoms with Crippen LogP contribution in [0.1, 0.15) is 31.1 Å². The monoisotopic (exact) mass is 426 g/mol. The predicted molar refractivity (Wildman–Crippen MR) is 110 cm³/mol. The fourth-order valence-corrected chi connectivity index (χ4v) is 3.51. The van der Waals surface area contributed by atoms with Crippen molar-refractivity contribution in [3.8, 4) is 5.75 Å². The van der Waals surface area contributed by atoms with Gasteiger partial charge in [0.2, 0.25) is 0 Å². The van der Waals surface area contributed by atoms with Gasteiger partial charge in [0.05, 0.1) is 26.9 Å². The van der Waals surface area contributed by atoms with Crippen molar-refractivity contribution < 1.29 is 19.5 Å². The number of imide groups is 1. The molecule has 0 aliphatic carbocycles. The van der Waals surface area contributed by atoms with Gasteiger partial charge in [-0.2, -0.15) is 0 Å². The lowest BCUT2D eigenvalue weighted by Crippen LogP contribution is -2.29. The molecule has 3 amide bonds. The van der Waals surface area contributed by atoms with Crippen molar-refractivity contribution in [3.05, 3.63) is 87.4 Å². The third-order valence-corrected chi connectivity index (χ3v) is 5.03. The van der Waals surface area contributed by atoms with Gasteiger partial charge in [0, 0.05) is 11.3 Å². The van der Waals surface area contributed by atoms with Gasteiger partial charge in [0.25, 0.3) is 17.7 Å². The molecule has 3 aromatic carbocycles. The summed E-state index contributed by atoms with van der Waals surface area (Å²) in [6, 6.07) is 15.4. The minimum Gasteiger partial charge on any atom is -0.505 e. The van der Waals surface area contributed by atoms with E-state index < -0.39 is 17.7 Å². The van der Waals surface area contributed by atoms with Crippen LogP contribution in [0, 0.1) is 0 Å². The molecule has 0 aromatic heterocycles. The summed E-state index contributed by atoms with van der Waals surface area (Å²) in [6.07, 6.45) is 0. The Labute approximate surface area is 175 Å². The molecular weight excluding hydrogens is 415 g/mol. The van der Waals surface area contributed by atoms with Crippen molar-refractivity contribution in [1.29, 1.82) is 0 Å². The smallest absolute Gasteiger partial charge is 0.266 e. The number of nitrogens with zero attached hydrogens (tertiary/aromatic N) is 1. The number of phenolic OH excluding ortho intramolecular Hbond substituents is 1. The lowest BCUT2D eigenvalue weighted by atomic mass is 10.1. The van der Waals surface area contributed by atoms with Crippen LogP contribution in [0.3, 0.4) is 0 Å². The van der Waals surface area contributed by atoms with Crippen LogP contribution in [0.25, 0.3) is 0 Å². The number of hydrogen-bond donors (Lipinski definition) is 2. The van der Waals surface area contributed by atoms with E-state index in [4.69, 9.17) is 23.2 Å². The Morgan fingerprint density at radius 1 is 0.862 bits per heavy atom. The van der Waals surface area contributed by atoms with Crippen LogP contribution >= 0.6 is 23.2 Å². The van der Waals surface area contributed by atoms with Crippen LogP contribution in [0.15, 0.2) is 60.7 Å². The first kappa shape index (κ1) is 19.0. The van der Waals surface area contributed by atoms with E-state index in [1.54, 1.807) is 24.3 Å². The van der Waals surface area contributed by atoms with E-state index in [1.165, 1.54) is 36.4 Å². The zero-order valence-electron chi connectivity index (χ0n) is 14.6. The number of hydrogen-bond acceptors (Lipinski definition) is 4. The summed E-state index contributed by atoms with van der Waals surface area (Å²) in [6.45, 7) is 0. The molecule has 1 aliphatic rings. The van der Waals surface area contributed by atoms with Gasteiger partial charge in [-0.05, 0) is 48.5 Å². The highest BCUT2D eigenvalue weighted by Crippen LogP contribution is 2.35. The third-order valence-electron chi connectivity index (χ3n) is 4.46. The molecule has 3 aromatic rings. The largest absolute Gasteiger partial charge is 0.505 e. The highest BCUT2D eigenvalue weighted by atomic mass is 35.5. The van der Waals surface area contributed by atoms with Crippen LogP contribution < -0.4 is 10.2 Å². The Bertz CT molecular complexity index is 1120. The van der Waals surface area contributed by atoms with Gasteiger partial charge in [-0.3, -0.25) is 14.4 Å². The first-order chi connectivity index (χ1) is 13.9. The molecule has 2 N–H and O–H groups in total. The van der Waals surface area contributed by atoms with Crippen molar-refractivity contribution in [3.63, 3.8) is 0 Å². The van der Waals surface area contributed by atoms with Gasteiger partial charge in [-0.15, -0.1) is 0 Å². The summed E-state index contributed by atoms with van der Waals surface area (Å²) >= 11 is 11.7. The Morgan fingerprint density at radius 3 is 1.90 bits per heavy atom. The van der Waals surface area contributed by atoms with E-state index in [1.807, 2.05) is 0 Å². The van der Waals surface area contributed by atoms with Crippen LogP contribution in [-0.4, -0.2) is 22.8 Å². The molecule has 1 aliphatic heterocycles. The van der Waals surface area contributed by atoms with Gasteiger partial charge in [-0.1, -0.05) is 35.3 Å². The van der Waals surface area contributed by atoms with Crippen LogP contribution in [-0.2, 0) is 0 Å². The number of carbonyl (C=O) groups excluding carboxylic acids is 3. The van der Waals surface area contributed by atoms with Gasteiger partial charge in [-0.25, -0.2) is 4.90 Å². The number of fused-ring (bicyclic) bond motifs is 1. The van der Waals surface area contributed by atoms with Crippen molar-refractivity contribution in [2.24, 2.45) is 0 Å². The lowest BCUT2D eigenvalue weighted by molar-refractivity contribution is 0.0925. The first-order valence-corrected chi connectivity index (χ1v) is 9.19. The SMILES string of the molecule is O=C(Nc1cc(Cl)c(O)c(Cl)c1)c1ccc(N2C(=O)c3ccccc3C2=O)cc1. The number of carbonyl (C=O) groups is 3. The van der Waals surface area contributed by atoms with Crippen molar-refractivity contribution >= 4 is 52.3 Å². The molecule has 0 saturated heterocycles. The fraction of sp³-hybridized carbons (Fsp3) is 0.